The van der Waals surface area contributed by atoms with Gasteiger partial charge in [-0.15, -0.1) is 6.42 Å². The predicted molar refractivity (Wildman–Crippen MR) is 63.7 cm³/mol. The molecule has 0 saturated carbocycles. The molecule has 1 saturated heterocycles. The van der Waals surface area contributed by atoms with Crippen LogP contribution in [0, 0.1) is 18.2 Å². The van der Waals surface area contributed by atoms with E-state index in [1.54, 1.807) is 4.90 Å². The maximum atomic E-state index is 13.2. The molecule has 1 amide bonds. The molecule has 0 spiro atoms. The van der Waals surface area contributed by atoms with E-state index in [0.29, 0.717) is 6.54 Å². The van der Waals surface area contributed by atoms with E-state index in [1.165, 1.54) is 18.2 Å². The van der Waals surface area contributed by atoms with Crippen LogP contribution in [0.1, 0.15) is 23.2 Å². The molecule has 1 atom stereocenters. The van der Waals surface area contributed by atoms with Crippen molar-refractivity contribution in [2.45, 2.75) is 18.9 Å². The Morgan fingerprint density at radius 2 is 2.29 bits per heavy atom. The van der Waals surface area contributed by atoms with Crippen molar-refractivity contribution in [3.8, 4) is 12.3 Å². The fourth-order valence-corrected chi connectivity index (χ4v) is 2.08. The molecular weight excluding hydrogens is 219 g/mol. The SMILES string of the molecule is C#C[C@@H]1CCCN1C(=O)c1cc(N)cc(F)c1. The number of nitrogen functional groups attached to an aromatic ring is 1. The van der Waals surface area contributed by atoms with Gasteiger partial charge in [0.1, 0.15) is 5.82 Å². The van der Waals surface area contributed by atoms with Gasteiger partial charge in [-0.1, -0.05) is 5.92 Å². The van der Waals surface area contributed by atoms with Crippen molar-refractivity contribution in [3.63, 3.8) is 0 Å². The number of amides is 1. The summed E-state index contributed by atoms with van der Waals surface area (Å²) in [7, 11) is 0. The van der Waals surface area contributed by atoms with Gasteiger partial charge in [0.05, 0.1) is 6.04 Å². The topological polar surface area (TPSA) is 46.3 Å². The van der Waals surface area contributed by atoms with E-state index in [2.05, 4.69) is 5.92 Å². The van der Waals surface area contributed by atoms with Crippen molar-refractivity contribution in [3.05, 3.63) is 29.6 Å². The highest BCUT2D eigenvalue weighted by atomic mass is 19.1. The molecule has 0 bridgehead atoms. The average Bonchev–Trinajstić information content (AvgIpc) is 2.74. The van der Waals surface area contributed by atoms with Crippen molar-refractivity contribution in [1.82, 2.24) is 4.90 Å². The van der Waals surface area contributed by atoms with E-state index in [9.17, 15) is 9.18 Å². The first-order valence-electron chi connectivity index (χ1n) is 5.45. The Bertz CT molecular complexity index is 472. The van der Waals surface area contributed by atoms with Gasteiger partial charge in [-0.2, -0.15) is 0 Å². The number of nitrogens with two attached hydrogens (primary N) is 1. The van der Waals surface area contributed by atoms with Crippen LogP contribution >= 0.6 is 0 Å². The third-order valence-electron chi connectivity index (χ3n) is 2.87. The second-order valence-electron chi connectivity index (χ2n) is 4.10. The zero-order valence-corrected chi connectivity index (χ0v) is 9.32. The lowest BCUT2D eigenvalue weighted by Gasteiger charge is -2.20. The maximum absolute atomic E-state index is 13.2. The van der Waals surface area contributed by atoms with Gasteiger partial charge in [-0.3, -0.25) is 4.79 Å². The second-order valence-corrected chi connectivity index (χ2v) is 4.10. The summed E-state index contributed by atoms with van der Waals surface area (Å²) in [4.78, 5) is 13.7. The van der Waals surface area contributed by atoms with E-state index in [1.807, 2.05) is 0 Å². The molecule has 1 heterocycles. The summed E-state index contributed by atoms with van der Waals surface area (Å²) in [5.74, 6) is 1.81. The number of halogens is 1. The van der Waals surface area contributed by atoms with Crippen LogP contribution in [-0.2, 0) is 0 Å². The molecule has 2 N–H and O–H groups in total. The monoisotopic (exact) mass is 232 g/mol. The molecule has 1 fully saturated rings. The summed E-state index contributed by atoms with van der Waals surface area (Å²) in [5.41, 5.74) is 6.01. The molecule has 0 aromatic heterocycles. The number of carbonyl (C=O) groups excluding carboxylic acids is 1. The molecule has 0 aliphatic carbocycles. The first-order valence-corrected chi connectivity index (χ1v) is 5.45. The Labute approximate surface area is 99.4 Å². The lowest BCUT2D eigenvalue weighted by atomic mass is 10.1. The number of likely N-dealkylation sites (tertiary alicyclic amines) is 1. The number of hydrogen-bond acceptors (Lipinski definition) is 2. The quantitative estimate of drug-likeness (QED) is 0.591. The molecule has 1 aliphatic rings. The Kier molecular flexibility index (Phi) is 3.01. The molecule has 0 radical (unpaired) electrons. The number of rotatable bonds is 1. The lowest BCUT2D eigenvalue weighted by molar-refractivity contribution is 0.0765. The van der Waals surface area contributed by atoms with Gasteiger partial charge in [-0.25, -0.2) is 4.39 Å². The smallest absolute Gasteiger partial charge is 0.255 e. The average molecular weight is 232 g/mol. The van der Waals surface area contributed by atoms with Gasteiger partial charge < -0.3 is 10.6 Å². The Balaban J connectivity index is 2.28. The number of terminal acetylenes is 1. The normalized spacial score (nSPS) is 19.1. The maximum Gasteiger partial charge on any atom is 0.255 e. The van der Waals surface area contributed by atoms with Gasteiger partial charge >= 0.3 is 0 Å². The van der Waals surface area contributed by atoms with E-state index in [-0.39, 0.29) is 23.2 Å². The van der Waals surface area contributed by atoms with Crippen LogP contribution < -0.4 is 5.73 Å². The van der Waals surface area contributed by atoms with Gasteiger partial charge in [0.25, 0.3) is 5.91 Å². The van der Waals surface area contributed by atoms with Crippen LogP contribution in [0.3, 0.4) is 0 Å². The van der Waals surface area contributed by atoms with Crippen LogP contribution in [0.5, 0.6) is 0 Å². The summed E-state index contributed by atoms with van der Waals surface area (Å²) in [5, 5.41) is 0. The molecule has 3 nitrogen and oxygen atoms in total. The van der Waals surface area contributed by atoms with E-state index in [0.717, 1.165) is 12.8 Å². The predicted octanol–water partition coefficient (Wildman–Crippen LogP) is 1.65. The number of carbonyl (C=O) groups is 1. The highest BCUT2D eigenvalue weighted by Crippen LogP contribution is 2.21. The third kappa shape index (κ3) is 2.23. The summed E-state index contributed by atoms with van der Waals surface area (Å²) in [6, 6.07) is 3.65. The van der Waals surface area contributed by atoms with Gasteiger partial charge in [0.2, 0.25) is 0 Å². The standard InChI is InChI=1S/C13H13FN2O/c1-2-12-4-3-5-16(12)13(17)9-6-10(14)8-11(15)7-9/h1,6-8,12H,3-5,15H2/t12-/m1/s1. The molecule has 4 heteroatoms. The van der Waals surface area contributed by atoms with Crippen LogP contribution in [0.2, 0.25) is 0 Å². The fourth-order valence-electron chi connectivity index (χ4n) is 2.08. The minimum atomic E-state index is -0.509. The van der Waals surface area contributed by atoms with Crippen LogP contribution in [0.4, 0.5) is 10.1 Å². The number of anilines is 1. The van der Waals surface area contributed by atoms with Crippen LogP contribution in [0.15, 0.2) is 18.2 Å². The largest absolute Gasteiger partial charge is 0.399 e. The fraction of sp³-hybridized carbons (Fsp3) is 0.308. The molecule has 17 heavy (non-hydrogen) atoms. The first kappa shape index (κ1) is 11.5. The van der Waals surface area contributed by atoms with Crippen LogP contribution in [0.25, 0.3) is 0 Å². The zero-order valence-electron chi connectivity index (χ0n) is 9.32. The van der Waals surface area contributed by atoms with E-state index in [4.69, 9.17) is 12.2 Å². The van der Waals surface area contributed by atoms with Gasteiger partial charge in [-0.05, 0) is 31.0 Å². The Morgan fingerprint density at radius 1 is 1.53 bits per heavy atom. The Hall–Kier alpha value is -2.02. The molecule has 1 aliphatic heterocycles. The summed E-state index contributed by atoms with van der Waals surface area (Å²) in [6.07, 6.45) is 7.04. The molecule has 88 valence electrons. The highest BCUT2D eigenvalue weighted by Gasteiger charge is 2.28. The zero-order chi connectivity index (χ0) is 12.4. The second kappa shape index (κ2) is 4.46. The summed E-state index contributed by atoms with van der Waals surface area (Å²) < 4.78 is 13.2. The minimum absolute atomic E-state index is 0.188. The van der Waals surface area contributed by atoms with E-state index < -0.39 is 5.82 Å². The van der Waals surface area contributed by atoms with Crippen molar-refractivity contribution in [2.75, 3.05) is 12.3 Å². The van der Waals surface area contributed by atoms with Crippen molar-refractivity contribution in [2.24, 2.45) is 0 Å². The Morgan fingerprint density at radius 3 is 2.94 bits per heavy atom. The molecular formula is C13H13FN2O. The number of nitrogens with zero attached hydrogens (tertiary/aromatic N) is 1. The minimum Gasteiger partial charge on any atom is -0.399 e. The molecule has 1 aromatic carbocycles. The summed E-state index contributed by atoms with van der Waals surface area (Å²) >= 11 is 0. The van der Waals surface area contributed by atoms with E-state index >= 15 is 0 Å². The molecule has 0 unspecified atom stereocenters. The number of benzene rings is 1. The molecule has 1 aromatic rings. The van der Waals surface area contributed by atoms with Crippen molar-refractivity contribution >= 4 is 11.6 Å². The molecule has 2 rings (SSSR count). The lowest BCUT2D eigenvalue weighted by Crippen LogP contribution is -2.34. The highest BCUT2D eigenvalue weighted by molar-refractivity contribution is 5.95. The van der Waals surface area contributed by atoms with Gasteiger partial charge in [0, 0.05) is 17.8 Å². The number of hydrogen-bond donors (Lipinski definition) is 1. The third-order valence-corrected chi connectivity index (χ3v) is 2.87. The van der Waals surface area contributed by atoms with Crippen molar-refractivity contribution < 1.29 is 9.18 Å². The van der Waals surface area contributed by atoms with Crippen molar-refractivity contribution in [1.29, 1.82) is 0 Å². The van der Waals surface area contributed by atoms with Crippen LogP contribution in [-0.4, -0.2) is 23.4 Å². The van der Waals surface area contributed by atoms with Gasteiger partial charge in [0.15, 0.2) is 0 Å². The first-order chi connectivity index (χ1) is 8.11. The summed E-state index contributed by atoms with van der Waals surface area (Å²) in [6.45, 7) is 0.615.